The molecule has 3 aromatic rings. The van der Waals surface area contributed by atoms with Crippen molar-refractivity contribution in [3.8, 4) is 5.75 Å². The quantitative estimate of drug-likeness (QED) is 0.657. The lowest BCUT2D eigenvalue weighted by atomic mass is 10.0. The number of aryl methyl sites for hydroxylation is 1. The number of carbonyl (C=O) groups excluding carboxylic acids is 1. The van der Waals surface area contributed by atoms with E-state index < -0.39 is 10.0 Å². The van der Waals surface area contributed by atoms with Crippen molar-refractivity contribution in [1.82, 2.24) is 4.31 Å². The molecule has 7 nitrogen and oxygen atoms in total. The second-order valence-corrected chi connectivity index (χ2v) is 9.28. The van der Waals surface area contributed by atoms with E-state index in [2.05, 4.69) is 5.32 Å². The first-order chi connectivity index (χ1) is 14.9. The zero-order chi connectivity index (χ0) is 22.0. The van der Waals surface area contributed by atoms with Gasteiger partial charge in [-0.3, -0.25) is 4.79 Å². The minimum Gasteiger partial charge on any atom is -0.496 e. The van der Waals surface area contributed by atoms with E-state index in [1.54, 1.807) is 18.2 Å². The number of amides is 1. The Balaban J connectivity index is 1.66. The van der Waals surface area contributed by atoms with Gasteiger partial charge in [-0.15, -0.1) is 0 Å². The zero-order valence-corrected chi connectivity index (χ0v) is 18.2. The number of sulfonamides is 1. The molecule has 0 radical (unpaired) electrons. The molecular weight excluding hydrogens is 416 g/mol. The summed E-state index contributed by atoms with van der Waals surface area (Å²) in [6.45, 7) is 3.18. The van der Waals surface area contributed by atoms with Crippen molar-refractivity contribution in [2.24, 2.45) is 0 Å². The molecule has 1 heterocycles. The molecule has 0 aromatic heterocycles. The van der Waals surface area contributed by atoms with Crippen LogP contribution in [0, 0.1) is 6.92 Å². The Morgan fingerprint density at radius 2 is 1.71 bits per heavy atom. The van der Waals surface area contributed by atoms with Crippen molar-refractivity contribution in [3.63, 3.8) is 0 Å². The molecule has 1 aliphatic rings. The Morgan fingerprint density at radius 1 is 1.03 bits per heavy atom. The zero-order valence-electron chi connectivity index (χ0n) is 17.4. The molecule has 1 saturated heterocycles. The summed E-state index contributed by atoms with van der Waals surface area (Å²) in [6.07, 6.45) is 0. The minimum absolute atomic E-state index is 0.140. The summed E-state index contributed by atoms with van der Waals surface area (Å²) in [4.78, 5) is 13.2. The maximum absolute atomic E-state index is 13.1. The number of methoxy groups -OCH3 is 1. The first-order valence-electron chi connectivity index (χ1n) is 9.97. The molecule has 0 saturated carbocycles. The van der Waals surface area contributed by atoms with Gasteiger partial charge >= 0.3 is 0 Å². The highest BCUT2D eigenvalue weighted by atomic mass is 32.2. The van der Waals surface area contributed by atoms with Crippen LogP contribution in [0.4, 0.5) is 5.69 Å². The average Bonchev–Trinajstić information content (AvgIpc) is 2.80. The molecule has 1 amide bonds. The first kappa shape index (κ1) is 21.3. The van der Waals surface area contributed by atoms with E-state index in [0.717, 1.165) is 16.3 Å². The molecule has 1 N–H and O–H groups in total. The van der Waals surface area contributed by atoms with Gasteiger partial charge in [0.25, 0.3) is 5.91 Å². The van der Waals surface area contributed by atoms with Gasteiger partial charge in [-0.2, -0.15) is 4.31 Å². The number of fused-ring (bicyclic) bond motifs is 1. The molecule has 0 spiro atoms. The lowest BCUT2D eigenvalue weighted by Gasteiger charge is -2.26. The third-order valence-corrected chi connectivity index (χ3v) is 7.27. The summed E-state index contributed by atoms with van der Waals surface area (Å²) in [6, 6.07) is 16.0. The minimum atomic E-state index is -3.67. The van der Waals surface area contributed by atoms with Crippen LogP contribution in [0.1, 0.15) is 15.9 Å². The predicted molar refractivity (Wildman–Crippen MR) is 119 cm³/mol. The van der Waals surface area contributed by atoms with Crippen LogP contribution in [0.2, 0.25) is 0 Å². The van der Waals surface area contributed by atoms with Crippen LogP contribution in [0.15, 0.2) is 59.5 Å². The molecule has 0 atom stereocenters. The molecule has 1 aliphatic heterocycles. The van der Waals surface area contributed by atoms with Crippen molar-refractivity contribution in [2.75, 3.05) is 38.7 Å². The molecule has 4 rings (SSSR count). The van der Waals surface area contributed by atoms with Gasteiger partial charge in [0.1, 0.15) is 5.75 Å². The number of hydrogen-bond acceptors (Lipinski definition) is 5. The molecule has 8 heteroatoms. The number of ether oxygens (including phenoxy) is 2. The fraction of sp³-hybridized carbons (Fsp3) is 0.261. The number of anilines is 1. The van der Waals surface area contributed by atoms with Crippen molar-refractivity contribution in [1.29, 1.82) is 0 Å². The van der Waals surface area contributed by atoms with Crippen LogP contribution in [0.3, 0.4) is 0 Å². The van der Waals surface area contributed by atoms with Gasteiger partial charge in [0, 0.05) is 18.8 Å². The third kappa shape index (κ3) is 4.27. The summed E-state index contributed by atoms with van der Waals surface area (Å²) in [5, 5.41) is 4.73. The molecule has 3 aromatic carbocycles. The van der Waals surface area contributed by atoms with Gasteiger partial charge in [0.2, 0.25) is 10.0 Å². The van der Waals surface area contributed by atoms with Gasteiger partial charge in [0.15, 0.2) is 0 Å². The lowest BCUT2D eigenvalue weighted by Crippen LogP contribution is -2.40. The van der Waals surface area contributed by atoms with E-state index in [4.69, 9.17) is 9.47 Å². The topological polar surface area (TPSA) is 84.9 Å². The summed E-state index contributed by atoms with van der Waals surface area (Å²) >= 11 is 0. The molecule has 0 unspecified atom stereocenters. The van der Waals surface area contributed by atoms with E-state index in [0.29, 0.717) is 43.3 Å². The third-order valence-electron chi connectivity index (χ3n) is 5.38. The smallest absolute Gasteiger partial charge is 0.259 e. The van der Waals surface area contributed by atoms with Crippen LogP contribution in [-0.4, -0.2) is 52.0 Å². The van der Waals surface area contributed by atoms with Crippen LogP contribution in [0.25, 0.3) is 10.8 Å². The molecule has 162 valence electrons. The van der Waals surface area contributed by atoms with Gasteiger partial charge < -0.3 is 14.8 Å². The SMILES string of the molecule is COc1cc2ccccc2cc1C(=O)Nc1cc(S(=O)(=O)N2CCOCC2)ccc1C. The van der Waals surface area contributed by atoms with Gasteiger partial charge in [0.05, 0.1) is 30.8 Å². The van der Waals surface area contributed by atoms with E-state index in [-0.39, 0.29) is 10.8 Å². The normalized spacial score (nSPS) is 15.0. The molecule has 0 bridgehead atoms. The second kappa shape index (κ2) is 8.66. The summed E-state index contributed by atoms with van der Waals surface area (Å²) in [5.41, 5.74) is 1.57. The van der Waals surface area contributed by atoms with E-state index in [9.17, 15) is 13.2 Å². The predicted octanol–water partition coefficient (Wildman–Crippen LogP) is 3.43. The van der Waals surface area contributed by atoms with Gasteiger partial charge in [-0.25, -0.2) is 8.42 Å². The van der Waals surface area contributed by atoms with Crippen LogP contribution in [-0.2, 0) is 14.8 Å². The van der Waals surface area contributed by atoms with Crippen molar-refractivity contribution >= 4 is 32.4 Å². The van der Waals surface area contributed by atoms with Crippen LogP contribution in [0.5, 0.6) is 5.75 Å². The number of benzene rings is 3. The Kier molecular flexibility index (Phi) is 5.95. The molecular formula is C23H24N2O5S. The maximum Gasteiger partial charge on any atom is 0.259 e. The number of rotatable bonds is 5. The van der Waals surface area contributed by atoms with Crippen LogP contribution < -0.4 is 10.1 Å². The summed E-state index contributed by atoms with van der Waals surface area (Å²) < 4.78 is 38.1. The number of hydrogen-bond donors (Lipinski definition) is 1. The standard InChI is InChI=1S/C23H24N2O5S/c1-16-7-8-19(31(27,28)25-9-11-30-12-10-25)15-21(16)24-23(26)20-13-17-5-3-4-6-18(17)14-22(20)29-2/h3-8,13-15H,9-12H2,1-2H3,(H,24,26). The van der Waals surface area contributed by atoms with E-state index in [1.165, 1.54) is 17.5 Å². The number of nitrogens with one attached hydrogen (secondary N) is 1. The fourth-order valence-electron chi connectivity index (χ4n) is 3.59. The van der Waals surface area contributed by atoms with Crippen molar-refractivity contribution in [2.45, 2.75) is 11.8 Å². The Morgan fingerprint density at radius 3 is 2.39 bits per heavy atom. The monoisotopic (exact) mass is 440 g/mol. The molecule has 31 heavy (non-hydrogen) atoms. The number of nitrogens with zero attached hydrogens (tertiary/aromatic N) is 1. The Bertz CT molecular complexity index is 1230. The van der Waals surface area contributed by atoms with Gasteiger partial charge in [-0.05, 0) is 47.5 Å². The highest BCUT2D eigenvalue weighted by Gasteiger charge is 2.27. The molecule has 0 aliphatic carbocycles. The summed E-state index contributed by atoms with van der Waals surface area (Å²) in [7, 11) is -2.15. The first-order valence-corrected chi connectivity index (χ1v) is 11.4. The highest BCUT2D eigenvalue weighted by molar-refractivity contribution is 7.89. The van der Waals surface area contributed by atoms with Crippen molar-refractivity contribution in [3.05, 3.63) is 65.7 Å². The lowest BCUT2D eigenvalue weighted by molar-refractivity contribution is 0.0730. The number of carbonyl (C=O) groups is 1. The Hall–Kier alpha value is -2.94. The highest BCUT2D eigenvalue weighted by Crippen LogP contribution is 2.28. The fourth-order valence-corrected chi connectivity index (χ4v) is 5.02. The largest absolute Gasteiger partial charge is 0.496 e. The number of morpholine rings is 1. The van der Waals surface area contributed by atoms with Crippen molar-refractivity contribution < 1.29 is 22.7 Å². The van der Waals surface area contributed by atoms with Crippen LogP contribution >= 0.6 is 0 Å². The van der Waals surface area contributed by atoms with E-state index in [1.807, 2.05) is 37.3 Å². The summed E-state index contributed by atoms with van der Waals surface area (Å²) in [5.74, 6) is 0.0811. The van der Waals surface area contributed by atoms with Gasteiger partial charge in [-0.1, -0.05) is 30.3 Å². The second-order valence-electron chi connectivity index (χ2n) is 7.35. The Labute approximate surface area is 181 Å². The maximum atomic E-state index is 13.1. The average molecular weight is 441 g/mol. The molecule has 1 fully saturated rings. The van der Waals surface area contributed by atoms with E-state index >= 15 is 0 Å².